The minimum absolute atomic E-state index is 0.820. The van der Waals surface area contributed by atoms with Gasteiger partial charge in [-0.3, -0.25) is 0 Å². The van der Waals surface area contributed by atoms with E-state index in [1.165, 1.54) is 44.5 Å². The maximum absolute atomic E-state index is 5.74. The van der Waals surface area contributed by atoms with Gasteiger partial charge in [-0.05, 0) is 47.0 Å². The molecule has 1 aliphatic rings. The molecule has 1 aromatic carbocycles. The SMILES string of the molecule is Nc1ccc(N2CCCCCC2)c(Br)c1. The lowest BCUT2D eigenvalue weighted by molar-refractivity contribution is 0.726. The van der Waals surface area contributed by atoms with E-state index >= 15 is 0 Å². The predicted octanol–water partition coefficient (Wildman–Crippen LogP) is 3.41. The van der Waals surface area contributed by atoms with Gasteiger partial charge < -0.3 is 10.6 Å². The Hall–Kier alpha value is -0.700. The Kier molecular flexibility index (Phi) is 3.52. The summed E-state index contributed by atoms with van der Waals surface area (Å²) in [5.41, 5.74) is 7.84. The van der Waals surface area contributed by atoms with Gasteiger partial charge in [0.1, 0.15) is 0 Å². The van der Waals surface area contributed by atoms with E-state index < -0.39 is 0 Å². The van der Waals surface area contributed by atoms with Gasteiger partial charge in [0.15, 0.2) is 0 Å². The first-order chi connectivity index (χ1) is 7.27. The Morgan fingerprint density at radius 3 is 2.33 bits per heavy atom. The summed E-state index contributed by atoms with van der Waals surface area (Å²) >= 11 is 3.59. The van der Waals surface area contributed by atoms with Crippen LogP contribution in [0.4, 0.5) is 11.4 Å². The molecule has 2 nitrogen and oxygen atoms in total. The van der Waals surface area contributed by atoms with Gasteiger partial charge in [-0.25, -0.2) is 0 Å². The van der Waals surface area contributed by atoms with E-state index in [-0.39, 0.29) is 0 Å². The summed E-state index contributed by atoms with van der Waals surface area (Å²) in [7, 11) is 0. The Bertz CT molecular complexity index is 330. The van der Waals surface area contributed by atoms with Crippen molar-refractivity contribution in [1.29, 1.82) is 0 Å². The first-order valence-corrected chi connectivity index (χ1v) is 6.36. The van der Waals surface area contributed by atoms with Crippen molar-refractivity contribution in [2.45, 2.75) is 25.7 Å². The van der Waals surface area contributed by atoms with E-state index in [1.807, 2.05) is 12.1 Å². The molecule has 2 rings (SSSR count). The zero-order chi connectivity index (χ0) is 10.7. The van der Waals surface area contributed by atoms with Gasteiger partial charge >= 0.3 is 0 Å². The van der Waals surface area contributed by atoms with Crippen LogP contribution in [0.15, 0.2) is 22.7 Å². The van der Waals surface area contributed by atoms with Gasteiger partial charge in [-0.15, -0.1) is 0 Å². The van der Waals surface area contributed by atoms with Crippen LogP contribution >= 0.6 is 15.9 Å². The molecule has 0 aliphatic carbocycles. The first kappa shape index (κ1) is 10.8. The number of nitrogen functional groups attached to an aromatic ring is 1. The molecule has 1 aliphatic heterocycles. The monoisotopic (exact) mass is 268 g/mol. The Labute approximate surface area is 99.6 Å². The van der Waals surface area contributed by atoms with Crippen molar-refractivity contribution in [2.75, 3.05) is 23.7 Å². The van der Waals surface area contributed by atoms with Crippen molar-refractivity contribution < 1.29 is 0 Å². The molecule has 2 N–H and O–H groups in total. The summed E-state index contributed by atoms with van der Waals surface area (Å²) in [6, 6.07) is 6.08. The zero-order valence-corrected chi connectivity index (χ0v) is 10.5. The minimum atomic E-state index is 0.820. The number of anilines is 2. The fourth-order valence-corrected chi connectivity index (χ4v) is 2.74. The Morgan fingerprint density at radius 2 is 1.73 bits per heavy atom. The molecule has 0 aromatic heterocycles. The normalized spacial score (nSPS) is 17.5. The third kappa shape index (κ3) is 2.65. The summed E-state index contributed by atoms with van der Waals surface area (Å²) in [5.74, 6) is 0. The molecule has 0 amide bonds. The molecule has 0 spiro atoms. The quantitative estimate of drug-likeness (QED) is 0.791. The van der Waals surface area contributed by atoms with Crippen molar-refractivity contribution in [3.8, 4) is 0 Å². The van der Waals surface area contributed by atoms with E-state index in [0.717, 1.165) is 10.2 Å². The van der Waals surface area contributed by atoms with Crippen molar-refractivity contribution in [1.82, 2.24) is 0 Å². The van der Waals surface area contributed by atoms with Crippen LogP contribution in [0, 0.1) is 0 Å². The Balaban J connectivity index is 2.19. The van der Waals surface area contributed by atoms with Crippen molar-refractivity contribution in [3.05, 3.63) is 22.7 Å². The van der Waals surface area contributed by atoms with Crippen LogP contribution in [0.25, 0.3) is 0 Å². The molecule has 0 saturated carbocycles. The van der Waals surface area contributed by atoms with Gasteiger partial charge in [0, 0.05) is 23.2 Å². The summed E-state index contributed by atoms with van der Waals surface area (Å²) in [4.78, 5) is 2.45. The highest BCUT2D eigenvalue weighted by atomic mass is 79.9. The molecular formula is C12H17BrN2. The van der Waals surface area contributed by atoms with E-state index in [0.29, 0.717) is 0 Å². The van der Waals surface area contributed by atoms with Crippen LogP contribution in [0.2, 0.25) is 0 Å². The standard InChI is InChI=1S/C12H17BrN2/c13-11-9-10(14)5-6-12(11)15-7-3-1-2-4-8-15/h5-6,9H,1-4,7-8,14H2. The molecule has 15 heavy (non-hydrogen) atoms. The first-order valence-electron chi connectivity index (χ1n) is 5.57. The third-order valence-electron chi connectivity index (χ3n) is 2.92. The lowest BCUT2D eigenvalue weighted by atomic mass is 10.2. The van der Waals surface area contributed by atoms with Crippen LogP contribution in [0.3, 0.4) is 0 Å². The van der Waals surface area contributed by atoms with Gasteiger partial charge in [0.2, 0.25) is 0 Å². The van der Waals surface area contributed by atoms with E-state index in [4.69, 9.17) is 5.73 Å². The summed E-state index contributed by atoms with van der Waals surface area (Å²) in [6.07, 6.45) is 5.33. The molecule has 0 unspecified atom stereocenters. The second-order valence-electron chi connectivity index (χ2n) is 4.11. The van der Waals surface area contributed by atoms with Crippen molar-refractivity contribution in [2.24, 2.45) is 0 Å². The van der Waals surface area contributed by atoms with Crippen LogP contribution in [-0.2, 0) is 0 Å². The van der Waals surface area contributed by atoms with Crippen molar-refractivity contribution in [3.63, 3.8) is 0 Å². The van der Waals surface area contributed by atoms with Crippen LogP contribution in [0.1, 0.15) is 25.7 Å². The number of nitrogens with two attached hydrogens (primary N) is 1. The second-order valence-corrected chi connectivity index (χ2v) is 4.97. The van der Waals surface area contributed by atoms with E-state index in [9.17, 15) is 0 Å². The number of rotatable bonds is 1. The van der Waals surface area contributed by atoms with Crippen LogP contribution < -0.4 is 10.6 Å². The average molecular weight is 269 g/mol. The molecule has 1 fully saturated rings. The summed E-state index contributed by atoms with van der Waals surface area (Å²) in [5, 5.41) is 0. The summed E-state index contributed by atoms with van der Waals surface area (Å²) < 4.78 is 1.12. The van der Waals surface area contributed by atoms with Gasteiger partial charge in [0.25, 0.3) is 0 Å². The maximum atomic E-state index is 5.74. The number of hydrogen-bond donors (Lipinski definition) is 1. The summed E-state index contributed by atoms with van der Waals surface area (Å²) in [6.45, 7) is 2.34. The lowest BCUT2D eigenvalue weighted by Gasteiger charge is -2.24. The number of halogens is 1. The van der Waals surface area contributed by atoms with Gasteiger partial charge in [-0.1, -0.05) is 12.8 Å². The topological polar surface area (TPSA) is 29.3 Å². The second kappa shape index (κ2) is 4.88. The van der Waals surface area contributed by atoms with Crippen LogP contribution in [0.5, 0.6) is 0 Å². The lowest BCUT2D eigenvalue weighted by Crippen LogP contribution is -2.24. The van der Waals surface area contributed by atoms with Gasteiger partial charge in [-0.2, -0.15) is 0 Å². The fourth-order valence-electron chi connectivity index (χ4n) is 2.09. The van der Waals surface area contributed by atoms with Crippen LogP contribution in [-0.4, -0.2) is 13.1 Å². The molecule has 3 heteroatoms. The molecule has 0 bridgehead atoms. The third-order valence-corrected chi connectivity index (χ3v) is 3.55. The number of nitrogens with zero attached hydrogens (tertiary/aromatic N) is 1. The molecule has 0 atom stereocenters. The predicted molar refractivity (Wildman–Crippen MR) is 69.2 cm³/mol. The number of benzene rings is 1. The largest absolute Gasteiger partial charge is 0.399 e. The minimum Gasteiger partial charge on any atom is -0.399 e. The van der Waals surface area contributed by atoms with Crippen molar-refractivity contribution >= 4 is 27.3 Å². The maximum Gasteiger partial charge on any atom is 0.0512 e. The molecule has 1 saturated heterocycles. The van der Waals surface area contributed by atoms with Gasteiger partial charge in [0.05, 0.1) is 5.69 Å². The van der Waals surface area contributed by atoms with E-state index in [2.05, 4.69) is 26.9 Å². The number of hydrogen-bond acceptors (Lipinski definition) is 2. The average Bonchev–Trinajstić information content (AvgIpc) is 2.46. The van der Waals surface area contributed by atoms with E-state index in [1.54, 1.807) is 0 Å². The molecule has 82 valence electrons. The molecule has 1 aromatic rings. The molecule has 1 heterocycles. The highest BCUT2D eigenvalue weighted by molar-refractivity contribution is 9.10. The highest BCUT2D eigenvalue weighted by Gasteiger charge is 2.12. The smallest absolute Gasteiger partial charge is 0.0512 e. The molecule has 0 radical (unpaired) electrons. The zero-order valence-electron chi connectivity index (χ0n) is 8.88. The molecular weight excluding hydrogens is 252 g/mol. The highest BCUT2D eigenvalue weighted by Crippen LogP contribution is 2.29. The fraction of sp³-hybridized carbons (Fsp3) is 0.500. The Morgan fingerprint density at radius 1 is 1.07 bits per heavy atom.